The van der Waals surface area contributed by atoms with Gasteiger partial charge in [0.05, 0.1) is 16.0 Å². The van der Waals surface area contributed by atoms with Gasteiger partial charge in [-0.1, -0.05) is 12.1 Å². The molecule has 0 aromatic heterocycles. The summed E-state index contributed by atoms with van der Waals surface area (Å²) in [6.45, 7) is 0. The lowest BCUT2D eigenvalue weighted by molar-refractivity contribution is 0.603. The molecule has 0 N–H and O–H groups in total. The standard InChI is InChI=1S/C9H9NO2S/c1-10-6-7-13(11,12)9-5-3-2-4-8(9)10/h2-7H,1H3. The lowest BCUT2D eigenvalue weighted by Crippen LogP contribution is -2.17. The van der Waals surface area contributed by atoms with Crippen LogP contribution in [0, 0.1) is 0 Å². The molecule has 0 bridgehead atoms. The summed E-state index contributed by atoms with van der Waals surface area (Å²) < 4.78 is 23.0. The number of benzene rings is 1. The van der Waals surface area contributed by atoms with Crippen LogP contribution in [0.25, 0.3) is 0 Å². The molecule has 0 saturated heterocycles. The number of anilines is 1. The molecular weight excluding hydrogens is 186 g/mol. The van der Waals surface area contributed by atoms with E-state index in [-0.39, 0.29) is 0 Å². The third-order valence-corrected chi connectivity index (χ3v) is 3.45. The van der Waals surface area contributed by atoms with Crippen molar-refractivity contribution in [2.24, 2.45) is 0 Å². The predicted molar refractivity (Wildman–Crippen MR) is 51.2 cm³/mol. The molecule has 4 heteroatoms. The van der Waals surface area contributed by atoms with Crippen molar-refractivity contribution >= 4 is 15.5 Å². The Kier molecular flexibility index (Phi) is 1.66. The SMILES string of the molecule is CN1C=CS(=O)(=O)c2ccccc21. The minimum atomic E-state index is -3.20. The molecule has 0 fully saturated rings. The van der Waals surface area contributed by atoms with Crippen molar-refractivity contribution in [3.05, 3.63) is 35.9 Å². The Morgan fingerprint density at radius 1 is 1.23 bits per heavy atom. The molecule has 68 valence electrons. The van der Waals surface area contributed by atoms with E-state index in [0.717, 1.165) is 5.69 Å². The lowest BCUT2D eigenvalue weighted by Gasteiger charge is -2.21. The van der Waals surface area contributed by atoms with E-state index in [0.29, 0.717) is 4.90 Å². The minimum absolute atomic E-state index is 0.375. The van der Waals surface area contributed by atoms with Crippen molar-refractivity contribution in [1.82, 2.24) is 0 Å². The first kappa shape index (κ1) is 8.31. The zero-order valence-electron chi connectivity index (χ0n) is 7.14. The number of rotatable bonds is 0. The molecule has 13 heavy (non-hydrogen) atoms. The van der Waals surface area contributed by atoms with Crippen molar-refractivity contribution in [3.63, 3.8) is 0 Å². The summed E-state index contributed by atoms with van der Waals surface area (Å²) in [7, 11) is -1.37. The van der Waals surface area contributed by atoms with Crippen LogP contribution in [0.5, 0.6) is 0 Å². The summed E-state index contributed by atoms with van der Waals surface area (Å²) in [5.74, 6) is 0. The van der Waals surface area contributed by atoms with E-state index in [2.05, 4.69) is 0 Å². The summed E-state index contributed by atoms with van der Waals surface area (Å²) in [5.41, 5.74) is 0.727. The third kappa shape index (κ3) is 1.23. The van der Waals surface area contributed by atoms with E-state index < -0.39 is 9.84 Å². The molecule has 1 aliphatic rings. The molecule has 1 heterocycles. The third-order valence-electron chi connectivity index (χ3n) is 2.02. The summed E-state index contributed by atoms with van der Waals surface area (Å²) in [6.07, 6.45) is 1.55. The van der Waals surface area contributed by atoms with Gasteiger partial charge in [-0.15, -0.1) is 0 Å². The van der Waals surface area contributed by atoms with Gasteiger partial charge < -0.3 is 4.90 Å². The van der Waals surface area contributed by atoms with Gasteiger partial charge in [-0.25, -0.2) is 8.42 Å². The maximum Gasteiger partial charge on any atom is 0.203 e. The van der Waals surface area contributed by atoms with Crippen molar-refractivity contribution in [1.29, 1.82) is 0 Å². The minimum Gasteiger partial charge on any atom is -0.349 e. The van der Waals surface area contributed by atoms with Crippen LogP contribution in [0.15, 0.2) is 40.8 Å². The van der Waals surface area contributed by atoms with E-state index in [1.54, 1.807) is 29.3 Å². The molecule has 0 spiro atoms. The van der Waals surface area contributed by atoms with Gasteiger partial charge in [-0.3, -0.25) is 0 Å². The van der Waals surface area contributed by atoms with E-state index in [9.17, 15) is 8.42 Å². The van der Waals surface area contributed by atoms with Gasteiger partial charge in [0.1, 0.15) is 0 Å². The molecule has 1 aliphatic heterocycles. The average Bonchev–Trinajstić information content (AvgIpc) is 2.13. The largest absolute Gasteiger partial charge is 0.349 e. The Morgan fingerprint density at radius 3 is 2.62 bits per heavy atom. The predicted octanol–water partition coefficient (Wildman–Crippen LogP) is 1.38. The first-order valence-electron chi connectivity index (χ1n) is 3.86. The van der Waals surface area contributed by atoms with Crippen molar-refractivity contribution in [2.45, 2.75) is 4.90 Å². The molecule has 0 unspecified atom stereocenters. The molecule has 0 radical (unpaired) electrons. The van der Waals surface area contributed by atoms with Crippen molar-refractivity contribution in [3.8, 4) is 0 Å². The molecule has 0 aliphatic carbocycles. The van der Waals surface area contributed by atoms with Gasteiger partial charge in [0.2, 0.25) is 9.84 Å². The number of sulfone groups is 1. The van der Waals surface area contributed by atoms with Crippen molar-refractivity contribution in [2.75, 3.05) is 11.9 Å². The van der Waals surface area contributed by atoms with Crippen molar-refractivity contribution < 1.29 is 8.42 Å². The fraction of sp³-hybridized carbons (Fsp3) is 0.111. The summed E-state index contributed by atoms with van der Waals surface area (Å²) in [5, 5.41) is 1.22. The number of fused-ring (bicyclic) bond motifs is 1. The Hall–Kier alpha value is -1.29. The van der Waals surface area contributed by atoms with Gasteiger partial charge in [0, 0.05) is 13.2 Å². The van der Waals surface area contributed by atoms with E-state index in [1.165, 1.54) is 5.41 Å². The summed E-state index contributed by atoms with van der Waals surface area (Å²) >= 11 is 0. The molecular formula is C9H9NO2S. The molecule has 0 amide bonds. The normalized spacial score (nSPS) is 18.4. The highest BCUT2D eigenvalue weighted by atomic mass is 32.2. The van der Waals surface area contributed by atoms with Crippen LogP contribution in [0.3, 0.4) is 0 Å². The zero-order chi connectivity index (χ0) is 9.47. The van der Waals surface area contributed by atoms with Gasteiger partial charge in [-0.05, 0) is 12.1 Å². The van der Waals surface area contributed by atoms with E-state index in [4.69, 9.17) is 0 Å². The quantitative estimate of drug-likeness (QED) is 0.627. The summed E-state index contributed by atoms with van der Waals surface area (Å²) in [4.78, 5) is 2.16. The smallest absolute Gasteiger partial charge is 0.203 e. The van der Waals surface area contributed by atoms with Crippen LogP contribution in [0.1, 0.15) is 0 Å². The van der Waals surface area contributed by atoms with Crippen LogP contribution < -0.4 is 4.90 Å². The monoisotopic (exact) mass is 195 g/mol. The molecule has 1 aromatic rings. The Balaban J connectivity index is 2.76. The maximum atomic E-state index is 11.5. The highest BCUT2D eigenvalue weighted by molar-refractivity contribution is 7.94. The van der Waals surface area contributed by atoms with Crippen LogP contribution in [-0.4, -0.2) is 15.5 Å². The molecule has 3 nitrogen and oxygen atoms in total. The van der Waals surface area contributed by atoms with Gasteiger partial charge in [-0.2, -0.15) is 0 Å². The van der Waals surface area contributed by atoms with Crippen LogP contribution in [0.4, 0.5) is 5.69 Å². The first-order valence-corrected chi connectivity index (χ1v) is 5.41. The van der Waals surface area contributed by atoms with Gasteiger partial charge in [0.25, 0.3) is 0 Å². The lowest BCUT2D eigenvalue weighted by atomic mass is 10.3. The molecule has 2 rings (SSSR count). The highest BCUT2D eigenvalue weighted by Crippen LogP contribution is 2.29. The average molecular weight is 195 g/mol. The van der Waals surface area contributed by atoms with Gasteiger partial charge >= 0.3 is 0 Å². The number of hydrogen-bond acceptors (Lipinski definition) is 3. The van der Waals surface area contributed by atoms with E-state index in [1.807, 2.05) is 13.1 Å². The van der Waals surface area contributed by atoms with Gasteiger partial charge in [0.15, 0.2) is 0 Å². The number of para-hydroxylation sites is 1. The second-order valence-corrected chi connectivity index (χ2v) is 4.71. The Bertz CT molecular complexity index is 462. The number of hydrogen-bond donors (Lipinski definition) is 0. The fourth-order valence-corrected chi connectivity index (χ4v) is 2.58. The molecule has 0 saturated carbocycles. The van der Waals surface area contributed by atoms with Crippen LogP contribution in [-0.2, 0) is 9.84 Å². The zero-order valence-corrected chi connectivity index (χ0v) is 7.95. The first-order chi connectivity index (χ1) is 6.11. The Labute approximate surface area is 77.2 Å². The maximum absolute atomic E-state index is 11.5. The second kappa shape index (κ2) is 2.60. The molecule has 1 aromatic carbocycles. The molecule has 0 atom stereocenters. The summed E-state index contributed by atoms with van der Waals surface area (Å²) in [6, 6.07) is 6.95. The highest BCUT2D eigenvalue weighted by Gasteiger charge is 2.20. The van der Waals surface area contributed by atoms with Crippen LogP contribution >= 0.6 is 0 Å². The second-order valence-electron chi connectivity index (χ2n) is 2.91. The Morgan fingerprint density at radius 2 is 1.92 bits per heavy atom. The number of nitrogens with zero attached hydrogens (tertiary/aromatic N) is 1. The van der Waals surface area contributed by atoms with Crippen LogP contribution in [0.2, 0.25) is 0 Å². The van der Waals surface area contributed by atoms with E-state index >= 15 is 0 Å². The topological polar surface area (TPSA) is 37.4 Å². The fourth-order valence-electron chi connectivity index (χ4n) is 1.31.